The van der Waals surface area contributed by atoms with E-state index in [1.807, 2.05) is 62.4 Å². The molecule has 0 aliphatic heterocycles. The van der Waals surface area contributed by atoms with Crippen molar-refractivity contribution in [2.45, 2.75) is 40.5 Å². The molecule has 0 radical (unpaired) electrons. The van der Waals surface area contributed by atoms with Crippen LogP contribution in [0.1, 0.15) is 37.8 Å². The van der Waals surface area contributed by atoms with Gasteiger partial charge in [0.2, 0.25) is 11.8 Å². The van der Waals surface area contributed by atoms with E-state index < -0.39 is 0 Å². The van der Waals surface area contributed by atoms with Crippen LogP contribution in [0.3, 0.4) is 0 Å². The van der Waals surface area contributed by atoms with E-state index in [-0.39, 0.29) is 67.3 Å². The van der Waals surface area contributed by atoms with Gasteiger partial charge in [-0.15, -0.1) is 0 Å². The van der Waals surface area contributed by atoms with Crippen LogP contribution in [0.25, 0.3) is 0 Å². The number of carbonyl (C=O) groups excluding carboxylic acids is 2. The van der Waals surface area contributed by atoms with Crippen LogP contribution in [-0.2, 0) is 29.1 Å². The molecule has 4 N–H and O–H groups in total. The van der Waals surface area contributed by atoms with E-state index in [4.69, 9.17) is 0 Å². The Kier molecular flexibility index (Phi) is 13.8. The number of hydrogen-bond donors (Lipinski definition) is 4. The first kappa shape index (κ1) is 34.4. The normalized spacial score (nSPS) is 11.0. The monoisotopic (exact) mass is 630 g/mol. The number of aromatic hydroxyl groups is 2. The predicted molar refractivity (Wildman–Crippen MR) is 166 cm³/mol. The Labute approximate surface area is 263 Å². The Morgan fingerprint density at radius 2 is 1.02 bits per heavy atom. The first-order chi connectivity index (χ1) is 20.1. The third kappa shape index (κ3) is 11.6. The van der Waals surface area contributed by atoms with Crippen molar-refractivity contribution in [2.24, 2.45) is 9.98 Å². The molecule has 0 saturated carbocycles. The second-order valence-corrected chi connectivity index (χ2v) is 9.47. The van der Waals surface area contributed by atoms with Crippen molar-refractivity contribution in [3.05, 3.63) is 96.3 Å². The Bertz CT molecular complexity index is 1490. The number of nitrogens with zero attached hydrogens (tertiary/aromatic N) is 4. The minimum Gasteiger partial charge on any atom is -0.504 e. The predicted octanol–water partition coefficient (Wildman–Crippen LogP) is 6.43. The molecule has 2 aromatic carbocycles. The first-order valence-electron chi connectivity index (χ1n) is 13.2. The quantitative estimate of drug-likeness (QED) is 0.130. The molecule has 0 aliphatic rings. The van der Waals surface area contributed by atoms with Gasteiger partial charge in [0, 0.05) is 54.7 Å². The number of benzene rings is 2. The summed E-state index contributed by atoms with van der Waals surface area (Å²) >= 11 is 0. The molecule has 0 saturated heterocycles. The van der Waals surface area contributed by atoms with E-state index in [0.717, 1.165) is 22.5 Å². The maximum Gasteiger partial charge on any atom is 0.230 e. The number of aryl methyl sites for hydroxylation is 2. The van der Waals surface area contributed by atoms with Crippen molar-refractivity contribution in [2.75, 3.05) is 10.6 Å². The molecule has 0 bridgehead atoms. The van der Waals surface area contributed by atoms with Gasteiger partial charge in [-0.25, -0.2) is 20.0 Å². The number of nitrogens with one attached hydrogen (secondary N) is 2. The molecule has 0 unspecified atom stereocenters. The number of hydrogen-bond acceptors (Lipinski definition) is 8. The summed E-state index contributed by atoms with van der Waals surface area (Å²) in [7, 11) is 0. The molecule has 0 fully saturated rings. The molecule has 2 aromatic heterocycles. The molecule has 4 rings (SSSR count). The molecule has 0 spiro atoms. The summed E-state index contributed by atoms with van der Waals surface area (Å²) in [5, 5.41) is 24.9. The SMILES string of the molecule is C/C(CC(=O)Nc1ccccc1C)=N\c1ncccc1O.C/C(CC(=O)Nc1ccccc1C)=N\c1ncccc1O.[Zn]. The fourth-order valence-electron chi connectivity index (χ4n) is 3.67. The van der Waals surface area contributed by atoms with Crippen LogP contribution in [-0.4, -0.2) is 43.4 Å². The van der Waals surface area contributed by atoms with Gasteiger partial charge in [-0.2, -0.15) is 0 Å². The number of para-hydroxylation sites is 2. The van der Waals surface area contributed by atoms with Crippen molar-refractivity contribution in [1.82, 2.24) is 9.97 Å². The van der Waals surface area contributed by atoms with Gasteiger partial charge in [0.15, 0.2) is 23.1 Å². The van der Waals surface area contributed by atoms with Crippen LogP contribution in [0.4, 0.5) is 23.0 Å². The first-order valence-corrected chi connectivity index (χ1v) is 13.2. The summed E-state index contributed by atoms with van der Waals surface area (Å²) < 4.78 is 0. The molecular weight excluding hydrogens is 598 g/mol. The minimum absolute atomic E-state index is 0. The third-order valence-corrected chi connectivity index (χ3v) is 5.80. The van der Waals surface area contributed by atoms with E-state index >= 15 is 0 Å². The Hall–Kier alpha value is -4.76. The van der Waals surface area contributed by atoms with Crippen LogP contribution in [0.2, 0.25) is 0 Å². The summed E-state index contributed by atoms with van der Waals surface area (Å²) in [5.41, 5.74) is 4.74. The van der Waals surface area contributed by atoms with Crippen LogP contribution in [0.15, 0.2) is 95.2 Å². The van der Waals surface area contributed by atoms with Crippen molar-refractivity contribution < 1.29 is 39.3 Å². The van der Waals surface area contributed by atoms with Gasteiger partial charge < -0.3 is 20.8 Å². The Morgan fingerprint density at radius 3 is 1.37 bits per heavy atom. The fourth-order valence-corrected chi connectivity index (χ4v) is 3.67. The zero-order valence-corrected chi connectivity index (χ0v) is 27.7. The number of aromatic nitrogens is 2. The number of rotatable bonds is 8. The summed E-state index contributed by atoms with van der Waals surface area (Å²) in [6, 6.07) is 21.4. The average molecular weight is 632 g/mol. The largest absolute Gasteiger partial charge is 0.504 e. The van der Waals surface area contributed by atoms with Crippen LogP contribution < -0.4 is 10.6 Å². The maximum absolute atomic E-state index is 12.0. The van der Waals surface area contributed by atoms with Crippen LogP contribution in [0.5, 0.6) is 11.5 Å². The van der Waals surface area contributed by atoms with Crippen molar-refractivity contribution in [1.29, 1.82) is 0 Å². The number of carbonyl (C=O) groups is 2. The van der Waals surface area contributed by atoms with Gasteiger partial charge in [0.25, 0.3) is 0 Å². The third-order valence-electron chi connectivity index (χ3n) is 5.80. The minimum atomic E-state index is -0.152. The summed E-state index contributed by atoms with van der Waals surface area (Å²) in [4.78, 5) is 40.2. The van der Waals surface area contributed by atoms with Gasteiger partial charge in [-0.1, -0.05) is 36.4 Å². The topological polar surface area (TPSA) is 149 Å². The number of amides is 2. The summed E-state index contributed by atoms with van der Waals surface area (Å²) in [6.07, 6.45) is 3.37. The van der Waals surface area contributed by atoms with Crippen LogP contribution >= 0.6 is 0 Å². The molecule has 10 nitrogen and oxygen atoms in total. The molecule has 0 atom stereocenters. The molecule has 0 aliphatic carbocycles. The van der Waals surface area contributed by atoms with Crippen molar-refractivity contribution in [3.63, 3.8) is 0 Å². The van der Waals surface area contributed by atoms with Crippen molar-refractivity contribution in [3.8, 4) is 11.5 Å². The Balaban J connectivity index is 0.000000293. The van der Waals surface area contributed by atoms with E-state index in [9.17, 15) is 19.8 Å². The van der Waals surface area contributed by atoms with Gasteiger partial charge in [-0.05, 0) is 75.2 Å². The average Bonchev–Trinajstić information content (AvgIpc) is 2.94. The summed E-state index contributed by atoms with van der Waals surface area (Å²) in [6.45, 7) is 7.32. The molecule has 43 heavy (non-hydrogen) atoms. The van der Waals surface area contributed by atoms with Gasteiger partial charge in [0.1, 0.15) is 0 Å². The zero-order chi connectivity index (χ0) is 30.5. The van der Waals surface area contributed by atoms with Crippen LogP contribution in [0, 0.1) is 13.8 Å². The molecule has 218 valence electrons. The molecule has 11 heteroatoms. The second-order valence-electron chi connectivity index (χ2n) is 9.47. The smallest absolute Gasteiger partial charge is 0.230 e. The second kappa shape index (κ2) is 17.3. The number of anilines is 2. The van der Waals surface area contributed by atoms with Gasteiger partial charge in [-0.3, -0.25) is 9.59 Å². The van der Waals surface area contributed by atoms with E-state index in [1.54, 1.807) is 38.4 Å². The Morgan fingerprint density at radius 1 is 0.651 bits per heavy atom. The maximum atomic E-state index is 12.0. The molecule has 4 aromatic rings. The van der Waals surface area contributed by atoms with E-state index in [2.05, 4.69) is 30.6 Å². The van der Waals surface area contributed by atoms with E-state index in [0.29, 0.717) is 11.4 Å². The molecular formula is C32H34N6O4Zn. The number of aliphatic imine (C=N–C) groups is 2. The molecule has 2 heterocycles. The van der Waals surface area contributed by atoms with Crippen molar-refractivity contribution >= 4 is 46.2 Å². The standard InChI is InChI=1S/2C16H17N3O2.Zn/c2*1-11-6-3-4-7-13(11)19-15(21)10-12(2)18-16-14(20)8-5-9-17-16;/h2*3-9,20H,10H2,1-2H3,(H,19,21);/b2*18-12+;. The molecule has 2 amide bonds. The zero-order valence-electron chi connectivity index (χ0n) is 24.7. The van der Waals surface area contributed by atoms with Gasteiger partial charge >= 0.3 is 0 Å². The van der Waals surface area contributed by atoms with Gasteiger partial charge in [0.05, 0.1) is 12.8 Å². The number of pyridine rings is 2. The summed E-state index contributed by atoms with van der Waals surface area (Å²) in [5.74, 6) is 0.131. The fraction of sp³-hybridized carbons (Fsp3) is 0.188. The van der Waals surface area contributed by atoms with E-state index in [1.165, 1.54) is 12.1 Å².